The molecule has 0 aliphatic heterocycles. The summed E-state index contributed by atoms with van der Waals surface area (Å²) < 4.78 is 38.3. The van der Waals surface area contributed by atoms with E-state index in [-0.39, 0.29) is 24.7 Å². The molecular formula is C29H39F3. The fraction of sp³-hybridized carbons (Fsp3) is 0.379. The molecule has 0 aromatic heterocycles. The Morgan fingerprint density at radius 2 is 0.906 bits per heavy atom. The summed E-state index contributed by atoms with van der Waals surface area (Å²) in [5.41, 5.74) is 3.40. The maximum atomic E-state index is 13.0. The third-order valence-corrected chi connectivity index (χ3v) is 4.97. The van der Waals surface area contributed by atoms with Crippen molar-refractivity contribution in [2.75, 3.05) is 0 Å². The van der Waals surface area contributed by atoms with Crippen LogP contribution in [0, 0.1) is 24.4 Å². The van der Waals surface area contributed by atoms with E-state index >= 15 is 0 Å². The van der Waals surface area contributed by atoms with Crippen LogP contribution < -0.4 is 0 Å². The van der Waals surface area contributed by atoms with Gasteiger partial charge in [0.15, 0.2) is 0 Å². The molecule has 176 valence electrons. The molecule has 3 heteroatoms. The molecule has 0 heterocycles. The van der Waals surface area contributed by atoms with E-state index in [0.717, 1.165) is 0 Å². The van der Waals surface area contributed by atoms with Crippen molar-refractivity contribution in [2.45, 2.75) is 73.6 Å². The van der Waals surface area contributed by atoms with Crippen molar-refractivity contribution in [3.8, 4) is 0 Å². The predicted molar refractivity (Wildman–Crippen MR) is 133 cm³/mol. The molecule has 0 fully saturated rings. The number of rotatable bonds is 3. The van der Waals surface area contributed by atoms with E-state index in [4.69, 9.17) is 0 Å². The number of benzene rings is 3. The molecular weight excluding hydrogens is 405 g/mol. The van der Waals surface area contributed by atoms with Gasteiger partial charge in [0, 0.05) is 5.56 Å². The lowest BCUT2D eigenvalue weighted by molar-refractivity contribution is 0.562. The van der Waals surface area contributed by atoms with E-state index in [1.807, 2.05) is 32.0 Å². The molecule has 0 unspecified atom stereocenters. The van der Waals surface area contributed by atoms with Crippen molar-refractivity contribution < 1.29 is 13.2 Å². The average Bonchev–Trinajstić information content (AvgIpc) is 2.73. The molecule has 0 atom stereocenters. The summed E-state index contributed by atoms with van der Waals surface area (Å²) >= 11 is 0. The first-order valence-electron chi connectivity index (χ1n) is 10.8. The minimum absolute atomic E-state index is 0. The van der Waals surface area contributed by atoms with Gasteiger partial charge in [0.25, 0.3) is 0 Å². The summed E-state index contributed by atoms with van der Waals surface area (Å²) in [6.45, 7) is 13.8. The minimum atomic E-state index is -0.460. The number of hydrogen-bond donors (Lipinski definition) is 0. The standard InChI is InChI=1S/C10H12F2.C9H11F.C9H12.CH4/c1-6(2)8-4-9(11)7(3)10(12)5-8;1-7(2)8-3-5-9(10)6-4-8;1-8(2)9-6-4-3-5-7-9;/h4-6H,1-3H3;3-7H,1-2H3;3-8H,1-2H3;1H4. The average molecular weight is 445 g/mol. The fourth-order valence-corrected chi connectivity index (χ4v) is 2.68. The van der Waals surface area contributed by atoms with Crippen LogP contribution in [0.2, 0.25) is 0 Å². The van der Waals surface area contributed by atoms with Gasteiger partial charge in [-0.2, -0.15) is 0 Å². The largest absolute Gasteiger partial charge is 0.207 e. The molecule has 32 heavy (non-hydrogen) atoms. The van der Waals surface area contributed by atoms with Crippen molar-refractivity contribution in [1.29, 1.82) is 0 Å². The topological polar surface area (TPSA) is 0 Å². The first-order valence-corrected chi connectivity index (χ1v) is 10.8. The van der Waals surface area contributed by atoms with Crippen molar-refractivity contribution in [3.63, 3.8) is 0 Å². The first-order chi connectivity index (χ1) is 14.5. The van der Waals surface area contributed by atoms with Gasteiger partial charge in [-0.3, -0.25) is 0 Å². The lowest BCUT2D eigenvalue weighted by Gasteiger charge is -2.07. The summed E-state index contributed by atoms with van der Waals surface area (Å²) in [6.07, 6.45) is 0. The Balaban J connectivity index is 0.000000448. The molecule has 3 aromatic rings. The van der Waals surface area contributed by atoms with Gasteiger partial charge in [0.05, 0.1) is 0 Å². The highest BCUT2D eigenvalue weighted by Gasteiger charge is 2.08. The fourth-order valence-electron chi connectivity index (χ4n) is 2.68. The van der Waals surface area contributed by atoms with Gasteiger partial charge in [-0.25, -0.2) is 13.2 Å². The summed E-state index contributed by atoms with van der Waals surface area (Å²) in [6, 6.07) is 19.9. The van der Waals surface area contributed by atoms with Crippen LogP contribution in [0.4, 0.5) is 13.2 Å². The highest BCUT2D eigenvalue weighted by Crippen LogP contribution is 2.20. The third kappa shape index (κ3) is 10.2. The van der Waals surface area contributed by atoms with Crippen LogP contribution in [-0.2, 0) is 0 Å². The van der Waals surface area contributed by atoms with Crippen LogP contribution in [0.3, 0.4) is 0 Å². The zero-order valence-electron chi connectivity index (χ0n) is 19.7. The second kappa shape index (κ2) is 14.5. The van der Waals surface area contributed by atoms with E-state index in [1.165, 1.54) is 42.3 Å². The Kier molecular flexibility index (Phi) is 13.3. The van der Waals surface area contributed by atoms with Crippen molar-refractivity contribution in [2.24, 2.45) is 0 Å². The first kappa shape index (κ1) is 29.5. The van der Waals surface area contributed by atoms with E-state index in [0.29, 0.717) is 17.4 Å². The second-order valence-electron chi connectivity index (χ2n) is 8.54. The molecule has 0 aliphatic carbocycles. The van der Waals surface area contributed by atoms with Crippen LogP contribution in [-0.4, -0.2) is 0 Å². The van der Waals surface area contributed by atoms with Crippen LogP contribution in [0.5, 0.6) is 0 Å². The lowest BCUT2D eigenvalue weighted by atomic mass is 10.0. The van der Waals surface area contributed by atoms with E-state index < -0.39 is 11.6 Å². The van der Waals surface area contributed by atoms with E-state index in [2.05, 4.69) is 52.0 Å². The smallest absolute Gasteiger partial charge is 0.129 e. The number of hydrogen-bond acceptors (Lipinski definition) is 0. The Hall–Kier alpha value is -2.55. The lowest BCUT2D eigenvalue weighted by Crippen LogP contribution is -1.94. The molecule has 0 amide bonds. The van der Waals surface area contributed by atoms with Crippen molar-refractivity contribution in [1.82, 2.24) is 0 Å². The molecule has 0 bridgehead atoms. The van der Waals surface area contributed by atoms with Crippen molar-refractivity contribution in [3.05, 3.63) is 106 Å². The molecule has 0 saturated heterocycles. The number of halogens is 3. The normalized spacial score (nSPS) is 10.2. The third-order valence-electron chi connectivity index (χ3n) is 4.97. The van der Waals surface area contributed by atoms with Gasteiger partial charge >= 0.3 is 0 Å². The SMILES string of the molecule is C.CC(C)c1ccc(F)cc1.CC(C)c1ccccc1.Cc1c(F)cc(C(C)C)cc1F. The van der Waals surface area contributed by atoms with Crippen LogP contribution in [0.1, 0.15) is 89.0 Å². The molecule has 0 aliphatic rings. The molecule has 0 nitrogen and oxygen atoms in total. The van der Waals surface area contributed by atoms with E-state index in [1.54, 1.807) is 0 Å². The van der Waals surface area contributed by atoms with Crippen LogP contribution in [0.25, 0.3) is 0 Å². The Labute approximate surface area is 193 Å². The minimum Gasteiger partial charge on any atom is -0.207 e. The van der Waals surface area contributed by atoms with Crippen LogP contribution >= 0.6 is 0 Å². The predicted octanol–water partition coefficient (Wildman–Crippen LogP) is 9.79. The maximum Gasteiger partial charge on any atom is 0.129 e. The van der Waals surface area contributed by atoms with Crippen molar-refractivity contribution >= 4 is 0 Å². The van der Waals surface area contributed by atoms with Gasteiger partial charge in [-0.1, -0.05) is 91.4 Å². The Bertz CT molecular complexity index is 872. The highest BCUT2D eigenvalue weighted by atomic mass is 19.1. The molecule has 0 saturated carbocycles. The highest BCUT2D eigenvalue weighted by molar-refractivity contribution is 5.27. The zero-order valence-corrected chi connectivity index (χ0v) is 19.7. The Morgan fingerprint density at radius 3 is 1.25 bits per heavy atom. The monoisotopic (exact) mass is 444 g/mol. The van der Waals surface area contributed by atoms with Gasteiger partial charge in [0.1, 0.15) is 17.5 Å². The molecule has 0 radical (unpaired) electrons. The summed E-state index contributed by atoms with van der Waals surface area (Å²) in [4.78, 5) is 0. The molecule has 0 N–H and O–H groups in total. The molecule has 0 spiro atoms. The molecule has 3 rings (SSSR count). The van der Waals surface area contributed by atoms with Crippen LogP contribution in [0.15, 0.2) is 66.7 Å². The van der Waals surface area contributed by atoms with Gasteiger partial charge < -0.3 is 0 Å². The molecule has 3 aromatic carbocycles. The summed E-state index contributed by atoms with van der Waals surface area (Å²) in [5.74, 6) is 0.225. The maximum absolute atomic E-state index is 13.0. The van der Waals surface area contributed by atoms with E-state index in [9.17, 15) is 13.2 Å². The van der Waals surface area contributed by atoms with Gasteiger partial charge in [-0.05, 0) is 65.6 Å². The van der Waals surface area contributed by atoms with Gasteiger partial charge in [-0.15, -0.1) is 0 Å². The summed E-state index contributed by atoms with van der Waals surface area (Å²) in [5, 5.41) is 0. The Morgan fingerprint density at radius 1 is 0.531 bits per heavy atom. The quantitative estimate of drug-likeness (QED) is 0.377. The second-order valence-corrected chi connectivity index (χ2v) is 8.54. The van der Waals surface area contributed by atoms with Gasteiger partial charge in [0.2, 0.25) is 0 Å². The summed E-state index contributed by atoms with van der Waals surface area (Å²) in [7, 11) is 0. The zero-order chi connectivity index (χ0) is 23.6.